The Morgan fingerprint density at radius 3 is 1.79 bits per heavy atom. The van der Waals surface area contributed by atoms with Crippen molar-refractivity contribution in [2.75, 3.05) is 26.7 Å². The third kappa shape index (κ3) is 5.95. The van der Waals surface area contributed by atoms with E-state index in [0.717, 1.165) is 12.0 Å². The van der Waals surface area contributed by atoms with E-state index in [1.807, 2.05) is 0 Å². The van der Waals surface area contributed by atoms with Crippen LogP contribution in [0.2, 0.25) is 0 Å². The van der Waals surface area contributed by atoms with Crippen molar-refractivity contribution in [3.05, 3.63) is 0 Å². The minimum atomic E-state index is -1.20. The molecule has 0 amide bonds. The molecule has 7 heteroatoms. The van der Waals surface area contributed by atoms with Crippen molar-refractivity contribution in [3.8, 4) is 0 Å². The second-order valence-electron chi connectivity index (χ2n) is 2.51. The summed E-state index contributed by atoms with van der Waals surface area (Å²) in [5, 5.41) is 16.8. The molecule has 0 fully saturated rings. The molecule has 7 nitrogen and oxygen atoms in total. The Labute approximate surface area is 79.9 Å². The minimum absolute atomic E-state index is 0.352. The van der Waals surface area contributed by atoms with E-state index in [0.29, 0.717) is 0 Å². The van der Waals surface area contributed by atoms with E-state index < -0.39 is 31.0 Å². The molecule has 0 saturated heterocycles. The summed E-state index contributed by atoms with van der Waals surface area (Å²) in [6.07, 6.45) is 0. The van der Waals surface area contributed by atoms with Crippen LogP contribution in [-0.2, 0) is 19.1 Å². The molecule has 0 aromatic heterocycles. The fraction of sp³-hybridized carbons (Fsp3) is 0.571. The van der Waals surface area contributed by atoms with Crippen LogP contribution in [0.5, 0.6) is 0 Å². The van der Waals surface area contributed by atoms with E-state index in [4.69, 9.17) is 10.2 Å². The Kier molecular flexibility index (Phi) is 5.23. The first kappa shape index (κ1) is 12.4. The van der Waals surface area contributed by atoms with Gasteiger partial charge in [-0.2, -0.15) is 0 Å². The predicted molar refractivity (Wildman–Crippen MR) is 43.7 cm³/mol. The molecule has 0 aliphatic carbocycles. The van der Waals surface area contributed by atoms with E-state index in [9.17, 15) is 14.4 Å². The van der Waals surface area contributed by atoms with Gasteiger partial charge in [0.15, 0.2) is 0 Å². The van der Waals surface area contributed by atoms with Crippen LogP contribution in [0.15, 0.2) is 0 Å². The van der Waals surface area contributed by atoms with E-state index >= 15 is 0 Å². The maximum absolute atomic E-state index is 10.7. The number of carboxylic acids is 2. The largest absolute Gasteiger partial charge is 0.480 e. The van der Waals surface area contributed by atoms with Gasteiger partial charge in [-0.1, -0.05) is 0 Å². The van der Waals surface area contributed by atoms with E-state index in [2.05, 4.69) is 4.74 Å². The number of nitrogens with zero attached hydrogens (tertiary/aromatic N) is 1. The van der Waals surface area contributed by atoms with Gasteiger partial charge in [0.2, 0.25) is 0 Å². The van der Waals surface area contributed by atoms with Crippen molar-refractivity contribution >= 4 is 17.9 Å². The highest BCUT2D eigenvalue weighted by Gasteiger charge is 2.16. The molecular formula is C7H11NO6. The molecule has 0 bridgehead atoms. The van der Waals surface area contributed by atoms with Crippen molar-refractivity contribution in [1.29, 1.82) is 0 Å². The average Bonchev–Trinajstić information content (AvgIpc) is 2.01. The molecule has 14 heavy (non-hydrogen) atoms. The zero-order chi connectivity index (χ0) is 11.1. The number of methoxy groups -OCH3 is 1. The van der Waals surface area contributed by atoms with E-state index in [1.165, 1.54) is 0 Å². The Morgan fingerprint density at radius 2 is 1.50 bits per heavy atom. The molecule has 0 spiro atoms. The Bertz CT molecular complexity index is 222. The summed E-state index contributed by atoms with van der Waals surface area (Å²) in [5.41, 5.74) is 0. The Hall–Kier alpha value is -1.63. The summed E-state index contributed by atoms with van der Waals surface area (Å²) in [4.78, 5) is 32.2. The minimum Gasteiger partial charge on any atom is -0.480 e. The highest BCUT2D eigenvalue weighted by Crippen LogP contribution is 1.89. The number of aliphatic carboxylic acids is 2. The summed E-state index contributed by atoms with van der Waals surface area (Å²) in [6.45, 7) is -1.38. The number of rotatable bonds is 6. The number of hydrogen-bond acceptors (Lipinski definition) is 5. The van der Waals surface area contributed by atoms with Gasteiger partial charge in [0.05, 0.1) is 26.7 Å². The molecule has 0 aliphatic heterocycles. The standard InChI is InChI=1S/C7H11NO6/c1-14-7(13)4-8(2-5(9)10)3-6(11)12/h2-4H2,1H3,(H,9,10)(H,11,12). The lowest BCUT2D eigenvalue weighted by Gasteiger charge is -2.15. The van der Waals surface area contributed by atoms with Crippen LogP contribution < -0.4 is 0 Å². The molecular weight excluding hydrogens is 194 g/mol. The van der Waals surface area contributed by atoms with Crippen LogP contribution in [0.3, 0.4) is 0 Å². The van der Waals surface area contributed by atoms with Crippen LogP contribution in [-0.4, -0.2) is 59.8 Å². The summed E-state index contributed by atoms with van der Waals surface area (Å²) in [6, 6.07) is 0. The average molecular weight is 205 g/mol. The van der Waals surface area contributed by atoms with Crippen molar-refractivity contribution in [1.82, 2.24) is 4.90 Å². The number of carboxylic acid groups (broad SMARTS) is 2. The normalized spacial score (nSPS) is 9.86. The van der Waals surface area contributed by atoms with Gasteiger partial charge in [-0.3, -0.25) is 19.3 Å². The topological polar surface area (TPSA) is 104 Å². The smallest absolute Gasteiger partial charge is 0.319 e. The number of ether oxygens (including phenoxy) is 1. The highest BCUT2D eigenvalue weighted by molar-refractivity contribution is 5.76. The molecule has 0 heterocycles. The molecule has 0 radical (unpaired) electrons. The van der Waals surface area contributed by atoms with Gasteiger partial charge in [0, 0.05) is 0 Å². The van der Waals surface area contributed by atoms with Gasteiger partial charge in [0.25, 0.3) is 0 Å². The lowest BCUT2D eigenvalue weighted by molar-refractivity contribution is -0.146. The molecule has 0 rings (SSSR count). The third-order valence-corrected chi connectivity index (χ3v) is 1.30. The number of esters is 1. The van der Waals surface area contributed by atoms with Gasteiger partial charge in [-0.25, -0.2) is 0 Å². The SMILES string of the molecule is COC(=O)CN(CC(=O)O)CC(=O)O. The summed E-state index contributed by atoms with van der Waals surface area (Å²) in [5.74, 6) is -3.07. The fourth-order valence-electron chi connectivity index (χ4n) is 0.797. The zero-order valence-electron chi connectivity index (χ0n) is 7.60. The van der Waals surface area contributed by atoms with Crippen LogP contribution in [0.4, 0.5) is 0 Å². The summed E-state index contributed by atoms with van der Waals surface area (Å²) >= 11 is 0. The van der Waals surface area contributed by atoms with Gasteiger partial charge < -0.3 is 14.9 Å². The highest BCUT2D eigenvalue weighted by atomic mass is 16.5. The first-order valence-corrected chi connectivity index (χ1v) is 3.68. The molecule has 0 aromatic carbocycles. The Morgan fingerprint density at radius 1 is 1.07 bits per heavy atom. The maximum atomic E-state index is 10.7. The molecule has 0 saturated carbocycles. The van der Waals surface area contributed by atoms with Gasteiger partial charge in [-0.05, 0) is 0 Å². The maximum Gasteiger partial charge on any atom is 0.319 e. The van der Waals surface area contributed by atoms with Crippen LogP contribution in [0, 0.1) is 0 Å². The van der Waals surface area contributed by atoms with Crippen LogP contribution >= 0.6 is 0 Å². The van der Waals surface area contributed by atoms with Crippen LogP contribution in [0.1, 0.15) is 0 Å². The molecule has 2 N–H and O–H groups in total. The Balaban J connectivity index is 4.16. The third-order valence-electron chi connectivity index (χ3n) is 1.30. The van der Waals surface area contributed by atoms with E-state index in [1.54, 1.807) is 0 Å². The van der Waals surface area contributed by atoms with Crippen LogP contribution in [0.25, 0.3) is 0 Å². The van der Waals surface area contributed by atoms with Crippen molar-refractivity contribution in [2.24, 2.45) is 0 Å². The molecule has 80 valence electrons. The van der Waals surface area contributed by atoms with Crippen molar-refractivity contribution in [2.45, 2.75) is 0 Å². The quantitative estimate of drug-likeness (QED) is 0.515. The molecule has 0 unspecified atom stereocenters. The second kappa shape index (κ2) is 5.92. The summed E-state index contributed by atoms with van der Waals surface area (Å²) in [7, 11) is 1.14. The lowest BCUT2D eigenvalue weighted by atomic mass is 10.4. The number of carbonyl (C=O) groups is 3. The molecule has 0 aromatic rings. The lowest BCUT2D eigenvalue weighted by Crippen LogP contribution is -2.38. The van der Waals surface area contributed by atoms with Crippen molar-refractivity contribution < 1.29 is 29.3 Å². The zero-order valence-corrected chi connectivity index (χ0v) is 7.60. The second-order valence-corrected chi connectivity index (χ2v) is 2.51. The van der Waals surface area contributed by atoms with Gasteiger partial charge in [-0.15, -0.1) is 0 Å². The summed E-state index contributed by atoms with van der Waals surface area (Å²) < 4.78 is 4.28. The molecule has 0 aliphatic rings. The number of hydrogen-bond donors (Lipinski definition) is 2. The fourth-order valence-corrected chi connectivity index (χ4v) is 0.797. The molecule has 0 atom stereocenters. The number of carbonyl (C=O) groups excluding carboxylic acids is 1. The predicted octanol–water partition coefficient (Wildman–Crippen LogP) is -1.37. The monoisotopic (exact) mass is 205 g/mol. The van der Waals surface area contributed by atoms with E-state index in [-0.39, 0.29) is 6.54 Å². The first-order valence-electron chi connectivity index (χ1n) is 3.68. The first-order chi connectivity index (χ1) is 6.45. The van der Waals surface area contributed by atoms with Gasteiger partial charge in [0.1, 0.15) is 0 Å². The van der Waals surface area contributed by atoms with Gasteiger partial charge >= 0.3 is 17.9 Å². The van der Waals surface area contributed by atoms with Crippen molar-refractivity contribution in [3.63, 3.8) is 0 Å².